The number of likely N-dealkylation sites (N-methyl/N-ethyl adjacent to an activating group) is 1. The molecule has 0 fully saturated rings. The molecule has 0 aliphatic rings. The maximum absolute atomic E-state index is 11.9. The fraction of sp³-hybridized carbons (Fsp3) is 0.909. The van der Waals surface area contributed by atoms with Crippen LogP contribution >= 0.6 is 0 Å². The SMILES string of the molecule is CCC[C@@H](CO)N(C)C(=O)C(C)(C)C. The lowest BCUT2D eigenvalue weighted by molar-refractivity contribution is -0.141. The standard InChI is InChI=1S/C11H23NO2/c1-6-7-9(8-13)12(5)10(14)11(2,3)4/h9,13H,6-8H2,1-5H3/t9-/m0/s1. The fourth-order valence-corrected chi connectivity index (χ4v) is 1.44. The molecule has 0 aromatic heterocycles. The molecule has 0 spiro atoms. The van der Waals surface area contributed by atoms with Crippen LogP contribution in [-0.4, -0.2) is 35.6 Å². The van der Waals surface area contributed by atoms with Crippen LogP contribution in [-0.2, 0) is 4.79 Å². The van der Waals surface area contributed by atoms with Crippen LogP contribution in [0, 0.1) is 5.41 Å². The van der Waals surface area contributed by atoms with E-state index in [-0.39, 0.29) is 24.0 Å². The first kappa shape index (κ1) is 13.4. The molecular formula is C11H23NO2. The number of amides is 1. The highest BCUT2D eigenvalue weighted by atomic mass is 16.3. The van der Waals surface area contributed by atoms with E-state index in [1.165, 1.54) is 0 Å². The minimum atomic E-state index is -0.365. The zero-order valence-electron chi connectivity index (χ0n) is 10.0. The summed E-state index contributed by atoms with van der Waals surface area (Å²) in [6.45, 7) is 7.79. The lowest BCUT2D eigenvalue weighted by atomic mass is 9.94. The highest BCUT2D eigenvalue weighted by Gasteiger charge is 2.28. The Morgan fingerprint density at radius 3 is 2.21 bits per heavy atom. The fourth-order valence-electron chi connectivity index (χ4n) is 1.44. The summed E-state index contributed by atoms with van der Waals surface area (Å²) in [5.74, 6) is 0.0880. The van der Waals surface area contributed by atoms with E-state index in [0.29, 0.717) is 0 Å². The average molecular weight is 201 g/mol. The van der Waals surface area contributed by atoms with Crippen LogP contribution in [0.3, 0.4) is 0 Å². The Labute approximate surface area is 87.1 Å². The molecule has 0 unspecified atom stereocenters. The minimum Gasteiger partial charge on any atom is -0.394 e. The maximum atomic E-state index is 11.9. The van der Waals surface area contributed by atoms with Crippen LogP contribution < -0.4 is 0 Å². The van der Waals surface area contributed by atoms with Gasteiger partial charge in [0.15, 0.2) is 0 Å². The van der Waals surface area contributed by atoms with E-state index in [4.69, 9.17) is 5.11 Å². The number of nitrogens with zero attached hydrogens (tertiary/aromatic N) is 1. The zero-order chi connectivity index (χ0) is 11.4. The molecule has 0 radical (unpaired) electrons. The quantitative estimate of drug-likeness (QED) is 0.751. The van der Waals surface area contributed by atoms with E-state index in [0.717, 1.165) is 12.8 Å². The van der Waals surface area contributed by atoms with Crippen molar-refractivity contribution in [1.82, 2.24) is 4.90 Å². The van der Waals surface area contributed by atoms with Gasteiger partial charge in [0.25, 0.3) is 0 Å². The lowest BCUT2D eigenvalue weighted by Crippen LogP contribution is -2.44. The lowest BCUT2D eigenvalue weighted by Gasteiger charge is -2.32. The number of aliphatic hydroxyl groups is 1. The second-order valence-corrected chi connectivity index (χ2v) is 4.79. The third kappa shape index (κ3) is 3.66. The van der Waals surface area contributed by atoms with Crippen LogP contribution in [0.1, 0.15) is 40.5 Å². The second-order valence-electron chi connectivity index (χ2n) is 4.79. The highest BCUT2D eigenvalue weighted by Crippen LogP contribution is 2.19. The number of hydrogen-bond donors (Lipinski definition) is 1. The maximum Gasteiger partial charge on any atom is 0.228 e. The van der Waals surface area contributed by atoms with Gasteiger partial charge in [-0.3, -0.25) is 4.79 Å². The molecule has 0 aliphatic carbocycles. The third-order valence-electron chi connectivity index (χ3n) is 2.34. The predicted octanol–water partition coefficient (Wildman–Crippen LogP) is 1.65. The van der Waals surface area contributed by atoms with Crippen LogP contribution in [0.2, 0.25) is 0 Å². The van der Waals surface area contributed by atoms with E-state index < -0.39 is 0 Å². The van der Waals surface area contributed by atoms with Gasteiger partial charge < -0.3 is 10.0 Å². The van der Waals surface area contributed by atoms with Gasteiger partial charge >= 0.3 is 0 Å². The van der Waals surface area contributed by atoms with Gasteiger partial charge in [0.2, 0.25) is 5.91 Å². The number of carbonyl (C=O) groups is 1. The Morgan fingerprint density at radius 1 is 1.43 bits per heavy atom. The molecule has 14 heavy (non-hydrogen) atoms. The number of carbonyl (C=O) groups excluding carboxylic acids is 1. The van der Waals surface area contributed by atoms with Crippen LogP contribution in [0.25, 0.3) is 0 Å². The molecule has 0 aliphatic heterocycles. The molecule has 84 valence electrons. The molecule has 0 heterocycles. The Balaban J connectivity index is 4.42. The van der Waals surface area contributed by atoms with Crippen LogP contribution in [0.15, 0.2) is 0 Å². The smallest absolute Gasteiger partial charge is 0.228 e. The van der Waals surface area contributed by atoms with E-state index in [9.17, 15) is 4.79 Å². The van der Waals surface area contributed by atoms with E-state index in [1.54, 1.807) is 11.9 Å². The number of rotatable bonds is 4. The van der Waals surface area contributed by atoms with Gasteiger partial charge in [-0.05, 0) is 6.42 Å². The molecule has 0 aromatic carbocycles. The summed E-state index contributed by atoms with van der Waals surface area (Å²) in [4.78, 5) is 13.5. The largest absolute Gasteiger partial charge is 0.394 e. The summed E-state index contributed by atoms with van der Waals surface area (Å²) in [5, 5.41) is 9.15. The molecule has 0 rings (SSSR count). The van der Waals surface area contributed by atoms with Crippen molar-refractivity contribution in [2.24, 2.45) is 5.41 Å². The van der Waals surface area contributed by atoms with Gasteiger partial charge in [0, 0.05) is 12.5 Å². The van der Waals surface area contributed by atoms with Crippen molar-refractivity contribution < 1.29 is 9.90 Å². The van der Waals surface area contributed by atoms with Gasteiger partial charge in [-0.2, -0.15) is 0 Å². The molecule has 1 N–H and O–H groups in total. The zero-order valence-corrected chi connectivity index (χ0v) is 10.0. The molecule has 0 aromatic rings. The van der Waals surface area contributed by atoms with Gasteiger partial charge in [0.1, 0.15) is 0 Å². The molecule has 0 bridgehead atoms. The molecule has 0 saturated carbocycles. The van der Waals surface area contributed by atoms with Crippen LogP contribution in [0.5, 0.6) is 0 Å². The van der Waals surface area contributed by atoms with Crippen molar-refractivity contribution in [3.63, 3.8) is 0 Å². The molecule has 3 nitrogen and oxygen atoms in total. The summed E-state index contributed by atoms with van der Waals surface area (Å²) in [7, 11) is 1.77. The molecular weight excluding hydrogens is 178 g/mol. The number of aliphatic hydroxyl groups excluding tert-OH is 1. The summed E-state index contributed by atoms with van der Waals surface area (Å²) in [6.07, 6.45) is 1.84. The first-order valence-electron chi connectivity index (χ1n) is 5.22. The Kier molecular flexibility index (Phi) is 5.13. The van der Waals surface area contributed by atoms with Gasteiger partial charge in [-0.15, -0.1) is 0 Å². The molecule has 1 amide bonds. The number of hydrogen-bond acceptors (Lipinski definition) is 2. The second kappa shape index (κ2) is 5.35. The molecule has 3 heteroatoms. The van der Waals surface area contributed by atoms with Crippen molar-refractivity contribution in [3.8, 4) is 0 Å². The third-order valence-corrected chi connectivity index (χ3v) is 2.34. The van der Waals surface area contributed by atoms with Gasteiger partial charge in [-0.25, -0.2) is 0 Å². The summed E-state index contributed by atoms with van der Waals surface area (Å²) < 4.78 is 0. The van der Waals surface area contributed by atoms with E-state index in [1.807, 2.05) is 20.8 Å². The summed E-state index contributed by atoms with van der Waals surface area (Å²) in [6, 6.07) is -0.0354. The Morgan fingerprint density at radius 2 is 1.93 bits per heavy atom. The Hall–Kier alpha value is -0.570. The normalized spacial score (nSPS) is 13.9. The average Bonchev–Trinajstić information content (AvgIpc) is 2.10. The van der Waals surface area contributed by atoms with Crippen molar-refractivity contribution in [1.29, 1.82) is 0 Å². The topological polar surface area (TPSA) is 40.5 Å². The molecule has 0 saturated heterocycles. The van der Waals surface area contributed by atoms with Gasteiger partial charge in [-0.1, -0.05) is 34.1 Å². The van der Waals surface area contributed by atoms with Crippen molar-refractivity contribution in [2.75, 3.05) is 13.7 Å². The van der Waals surface area contributed by atoms with Crippen molar-refractivity contribution >= 4 is 5.91 Å². The highest BCUT2D eigenvalue weighted by molar-refractivity contribution is 5.81. The monoisotopic (exact) mass is 201 g/mol. The van der Waals surface area contributed by atoms with Crippen LogP contribution in [0.4, 0.5) is 0 Å². The summed E-state index contributed by atoms with van der Waals surface area (Å²) >= 11 is 0. The van der Waals surface area contributed by atoms with E-state index in [2.05, 4.69) is 6.92 Å². The first-order valence-corrected chi connectivity index (χ1v) is 5.22. The van der Waals surface area contributed by atoms with Crippen molar-refractivity contribution in [2.45, 2.75) is 46.6 Å². The van der Waals surface area contributed by atoms with E-state index >= 15 is 0 Å². The summed E-state index contributed by atoms with van der Waals surface area (Å²) in [5.41, 5.74) is -0.365. The Bertz CT molecular complexity index is 184. The minimum absolute atomic E-state index is 0.0354. The predicted molar refractivity (Wildman–Crippen MR) is 58.0 cm³/mol. The first-order chi connectivity index (χ1) is 6.34. The van der Waals surface area contributed by atoms with Gasteiger partial charge in [0.05, 0.1) is 12.6 Å². The van der Waals surface area contributed by atoms with Crippen molar-refractivity contribution in [3.05, 3.63) is 0 Å². The molecule has 1 atom stereocenters.